The van der Waals surface area contributed by atoms with Gasteiger partial charge < -0.3 is 15.0 Å². The zero-order valence-electron chi connectivity index (χ0n) is 9.99. The summed E-state index contributed by atoms with van der Waals surface area (Å²) in [5.74, 6) is -0.214. The average molecular weight is 249 g/mol. The maximum Gasteiger partial charge on any atom is 0.247 e. The van der Waals surface area contributed by atoms with E-state index in [1.54, 1.807) is 18.4 Å². The smallest absolute Gasteiger partial charge is 0.247 e. The monoisotopic (exact) mass is 249 g/mol. The van der Waals surface area contributed by atoms with Crippen molar-refractivity contribution in [1.29, 1.82) is 0 Å². The van der Waals surface area contributed by atoms with E-state index in [4.69, 9.17) is 5.11 Å². The highest BCUT2D eigenvalue weighted by Crippen LogP contribution is 2.36. The fourth-order valence-corrected chi connectivity index (χ4v) is 2.46. The number of imidazole rings is 1. The van der Waals surface area contributed by atoms with Crippen molar-refractivity contribution in [1.82, 2.24) is 9.55 Å². The number of amides is 1. The molecule has 0 spiro atoms. The van der Waals surface area contributed by atoms with Gasteiger partial charge in [-0.25, -0.2) is 9.37 Å². The predicted molar refractivity (Wildman–Crippen MR) is 63.7 cm³/mol. The molecule has 2 N–H and O–H groups in total. The van der Waals surface area contributed by atoms with Crippen molar-refractivity contribution in [3.63, 3.8) is 0 Å². The zero-order chi connectivity index (χ0) is 13.0. The summed E-state index contributed by atoms with van der Waals surface area (Å²) in [6.07, 6.45) is 0. The fourth-order valence-electron chi connectivity index (χ4n) is 2.46. The van der Waals surface area contributed by atoms with Crippen LogP contribution >= 0.6 is 0 Å². The standard InChI is InChI=1S/C12H12FN3O2/c1-5-12(18)15-10-9(13)7(4-17)3-8-11(10)16(5)6(2)14-8/h3,5,17H,4H2,1-2H3,(H,15,18). The number of nitrogens with zero attached hydrogens (tertiary/aromatic N) is 2. The summed E-state index contributed by atoms with van der Waals surface area (Å²) in [5.41, 5.74) is 1.41. The number of nitrogens with one attached hydrogen (secondary N) is 1. The second-order valence-corrected chi connectivity index (χ2v) is 4.44. The Hall–Kier alpha value is -1.95. The molecule has 1 amide bonds. The third-order valence-electron chi connectivity index (χ3n) is 3.35. The molecule has 94 valence electrons. The maximum absolute atomic E-state index is 14.1. The molecule has 1 unspecified atom stereocenters. The van der Waals surface area contributed by atoms with E-state index in [1.165, 1.54) is 6.07 Å². The largest absolute Gasteiger partial charge is 0.392 e. The molecule has 1 atom stereocenters. The van der Waals surface area contributed by atoms with Gasteiger partial charge in [0, 0.05) is 5.56 Å². The van der Waals surface area contributed by atoms with Gasteiger partial charge in [-0.2, -0.15) is 0 Å². The van der Waals surface area contributed by atoms with Crippen molar-refractivity contribution in [3.05, 3.63) is 23.3 Å². The fraction of sp³-hybridized carbons (Fsp3) is 0.333. The van der Waals surface area contributed by atoms with E-state index >= 15 is 0 Å². The highest BCUT2D eigenvalue weighted by atomic mass is 19.1. The lowest BCUT2D eigenvalue weighted by molar-refractivity contribution is -0.119. The van der Waals surface area contributed by atoms with E-state index in [1.807, 2.05) is 0 Å². The van der Waals surface area contributed by atoms with Crippen LogP contribution in [0.5, 0.6) is 0 Å². The van der Waals surface area contributed by atoms with E-state index in [9.17, 15) is 9.18 Å². The highest BCUT2D eigenvalue weighted by molar-refractivity contribution is 6.05. The first kappa shape index (κ1) is 11.2. The molecule has 0 fully saturated rings. The zero-order valence-corrected chi connectivity index (χ0v) is 9.99. The van der Waals surface area contributed by atoms with Gasteiger partial charge in [0.1, 0.15) is 17.6 Å². The molecule has 1 aromatic carbocycles. The summed E-state index contributed by atoms with van der Waals surface area (Å²) < 4.78 is 15.8. The molecule has 3 rings (SSSR count). The van der Waals surface area contributed by atoms with Crippen LogP contribution in [0.15, 0.2) is 6.07 Å². The van der Waals surface area contributed by atoms with E-state index in [0.717, 1.165) is 0 Å². The lowest BCUT2D eigenvalue weighted by Gasteiger charge is -2.23. The van der Waals surface area contributed by atoms with Gasteiger partial charge in [0.15, 0.2) is 5.82 Å². The molecule has 1 aliphatic rings. The Balaban J connectivity index is 2.47. The van der Waals surface area contributed by atoms with E-state index in [2.05, 4.69) is 10.3 Å². The summed E-state index contributed by atoms with van der Waals surface area (Å²) in [4.78, 5) is 16.1. The molecule has 2 heterocycles. The number of halogens is 1. The topological polar surface area (TPSA) is 67.2 Å². The Bertz CT molecular complexity index is 678. The Labute approximate surface area is 102 Å². The summed E-state index contributed by atoms with van der Waals surface area (Å²) in [5, 5.41) is 11.7. The minimum absolute atomic E-state index is 0.111. The third kappa shape index (κ3) is 1.23. The van der Waals surface area contributed by atoms with Crippen LogP contribution in [0.25, 0.3) is 11.0 Å². The summed E-state index contributed by atoms with van der Waals surface area (Å²) >= 11 is 0. The number of carbonyl (C=O) groups is 1. The molecule has 0 aliphatic carbocycles. The number of aryl methyl sites for hydroxylation is 1. The van der Waals surface area contributed by atoms with Crippen LogP contribution in [-0.4, -0.2) is 20.6 Å². The van der Waals surface area contributed by atoms with Crippen molar-refractivity contribution in [2.45, 2.75) is 26.5 Å². The van der Waals surface area contributed by atoms with Crippen molar-refractivity contribution >= 4 is 22.6 Å². The minimum Gasteiger partial charge on any atom is -0.392 e. The van der Waals surface area contributed by atoms with Crippen molar-refractivity contribution in [2.24, 2.45) is 0 Å². The molecule has 0 saturated heterocycles. The predicted octanol–water partition coefficient (Wildman–Crippen LogP) is 1.49. The molecule has 0 bridgehead atoms. The van der Waals surface area contributed by atoms with Crippen LogP contribution in [0.3, 0.4) is 0 Å². The van der Waals surface area contributed by atoms with Gasteiger partial charge in [-0.3, -0.25) is 4.79 Å². The molecule has 2 aromatic rings. The van der Waals surface area contributed by atoms with Crippen LogP contribution in [0.2, 0.25) is 0 Å². The Kier molecular flexibility index (Phi) is 2.18. The number of rotatable bonds is 1. The number of aromatic nitrogens is 2. The second-order valence-electron chi connectivity index (χ2n) is 4.44. The number of carbonyl (C=O) groups excluding carboxylic acids is 1. The first-order chi connectivity index (χ1) is 8.54. The van der Waals surface area contributed by atoms with Gasteiger partial charge in [-0.15, -0.1) is 0 Å². The van der Waals surface area contributed by atoms with Crippen LogP contribution in [-0.2, 0) is 11.4 Å². The Morgan fingerprint density at radius 2 is 2.33 bits per heavy atom. The molecule has 5 nitrogen and oxygen atoms in total. The molecule has 0 radical (unpaired) electrons. The maximum atomic E-state index is 14.1. The molecular formula is C12H12FN3O2. The van der Waals surface area contributed by atoms with Gasteiger partial charge in [0.2, 0.25) is 5.91 Å². The van der Waals surface area contributed by atoms with Crippen LogP contribution < -0.4 is 5.32 Å². The van der Waals surface area contributed by atoms with Crippen LogP contribution in [0.1, 0.15) is 24.4 Å². The number of benzene rings is 1. The van der Waals surface area contributed by atoms with Crippen LogP contribution in [0, 0.1) is 12.7 Å². The minimum atomic E-state index is -0.591. The number of hydrogen-bond donors (Lipinski definition) is 2. The van der Waals surface area contributed by atoms with Crippen LogP contribution in [0.4, 0.5) is 10.1 Å². The molecule has 0 saturated carbocycles. The summed E-state index contributed by atoms with van der Waals surface area (Å²) in [6.45, 7) is 3.09. The first-order valence-corrected chi connectivity index (χ1v) is 5.66. The first-order valence-electron chi connectivity index (χ1n) is 5.66. The van der Waals surface area contributed by atoms with E-state index in [0.29, 0.717) is 16.9 Å². The molecule has 1 aliphatic heterocycles. The molecule has 18 heavy (non-hydrogen) atoms. The number of aliphatic hydroxyl groups excluding tert-OH is 1. The Morgan fingerprint density at radius 1 is 1.61 bits per heavy atom. The van der Waals surface area contributed by atoms with Gasteiger partial charge in [0.25, 0.3) is 0 Å². The van der Waals surface area contributed by atoms with Crippen molar-refractivity contribution < 1.29 is 14.3 Å². The van der Waals surface area contributed by atoms with Gasteiger partial charge in [-0.05, 0) is 19.9 Å². The third-order valence-corrected chi connectivity index (χ3v) is 3.35. The SMILES string of the molecule is Cc1nc2cc(CO)c(F)c3c2n1C(C)C(=O)N3. The van der Waals surface area contributed by atoms with E-state index < -0.39 is 18.5 Å². The lowest BCUT2D eigenvalue weighted by atomic mass is 10.1. The van der Waals surface area contributed by atoms with Gasteiger partial charge in [-0.1, -0.05) is 0 Å². The summed E-state index contributed by atoms with van der Waals surface area (Å²) in [7, 11) is 0. The average Bonchev–Trinajstić information content (AvgIpc) is 2.67. The van der Waals surface area contributed by atoms with Gasteiger partial charge >= 0.3 is 0 Å². The number of aliphatic hydroxyl groups is 1. The number of anilines is 1. The second kappa shape index (κ2) is 3.52. The highest BCUT2D eigenvalue weighted by Gasteiger charge is 2.30. The molecule has 6 heteroatoms. The molecule has 1 aromatic heterocycles. The van der Waals surface area contributed by atoms with Crippen molar-refractivity contribution in [2.75, 3.05) is 5.32 Å². The summed E-state index contributed by atoms with van der Waals surface area (Å²) in [6, 6.07) is 1.10. The normalized spacial score (nSPS) is 18.2. The quantitative estimate of drug-likeness (QED) is 0.804. The lowest BCUT2D eigenvalue weighted by Crippen LogP contribution is -2.29. The Morgan fingerprint density at radius 3 is 3.00 bits per heavy atom. The van der Waals surface area contributed by atoms with E-state index in [-0.39, 0.29) is 17.2 Å². The van der Waals surface area contributed by atoms with Gasteiger partial charge in [0.05, 0.1) is 17.6 Å². The number of hydrogen-bond acceptors (Lipinski definition) is 3. The molecular weight excluding hydrogens is 237 g/mol. The van der Waals surface area contributed by atoms with Crippen molar-refractivity contribution in [3.8, 4) is 0 Å².